The second-order valence-electron chi connectivity index (χ2n) is 6.07. The van der Waals surface area contributed by atoms with Gasteiger partial charge in [0.15, 0.2) is 0 Å². The molecule has 2 rings (SSSR count). The zero-order valence-electron chi connectivity index (χ0n) is 13.7. The lowest BCUT2D eigenvalue weighted by atomic mass is 9.98. The van der Waals surface area contributed by atoms with Crippen LogP contribution in [0.3, 0.4) is 0 Å². The smallest absolute Gasteiger partial charge is 0.0618 e. The second-order valence-corrected chi connectivity index (χ2v) is 6.07. The number of hydrogen-bond donors (Lipinski definition) is 1. The molecule has 0 bridgehead atoms. The summed E-state index contributed by atoms with van der Waals surface area (Å²) in [6, 6.07) is 12.5. The van der Waals surface area contributed by atoms with Crippen LogP contribution in [0.15, 0.2) is 30.3 Å². The monoisotopic (exact) mass is 290 g/mol. The molecule has 0 aromatic heterocycles. The summed E-state index contributed by atoms with van der Waals surface area (Å²) < 4.78 is 5.43. The minimum Gasteiger partial charge on any atom is -0.383 e. The molecule has 1 aliphatic heterocycles. The molecule has 0 spiro atoms. The molecule has 1 aromatic rings. The van der Waals surface area contributed by atoms with Crippen molar-refractivity contribution >= 4 is 0 Å². The van der Waals surface area contributed by atoms with Gasteiger partial charge in [0.25, 0.3) is 0 Å². The molecule has 1 fully saturated rings. The van der Waals surface area contributed by atoms with Gasteiger partial charge >= 0.3 is 0 Å². The van der Waals surface area contributed by atoms with Crippen LogP contribution in [0.25, 0.3) is 0 Å². The fourth-order valence-corrected chi connectivity index (χ4v) is 3.39. The third kappa shape index (κ3) is 4.53. The van der Waals surface area contributed by atoms with E-state index in [0.29, 0.717) is 18.1 Å². The number of ether oxygens (including phenoxy) is 1. The van der Waals surface area contributed by atoms with Crippen molar-refractivity contribution in [3.8, 4) is 0 Å². The third-order valence-corrected chi connectivity index (χ3v) is 4.64. The van der Waals surface area contributed by atoms with Crippen LogP contribution < -0.4 is 5.32 Å². The van der Waals surface area contributed by atoms with Gasteiger partial charge in [0.1, 0.15) is 0 Å². The molecule has 1 saturated heterocycles. The van der Waals surface area contributed by atoms with Crippen molar-refractivity contribution < 1.29 is 4.74 Å². The minimum atomic E-state index is 0.542. The van der Waals surface area contributed by atoms with E-state index in [0.717, 1.165) is 32.5 Å². The van der Waals surface area contributed by atoms with E-state index in [-0.39, 0.29) is 0 Å². The molecule has 1 heterocycles. The Kier molecular flexibility index (Phi) is 6.68. The summed E-state index contributed by atoms with van der Waals surface area (Å²) in [4.78, 5) is 2.67. The molecule has 118 valence electrons. The Morgan fingerprint density at radius 3 is 2.67 bits per heavy atom. The van der Waals surface area contributed by atoms with Gasteiger partial charge in [0, 0.05) is 38.3 Å². The molecule has 1 aromatic carbocycles. The van der Waals surface area contributed by atoms with Crippen LogP contribution in [0.5, 0.6) is 0 Å². The second kappa shape index (κ2) is 8.52. The topological polar surface area (TPSA) is 24.5 Å². The van der Waals surface area contributed by atoms with Gasteiger partial charge in [-0.25, -0.2) is 0 Å². The van der Waals surface area contributed by atoms with Crippen molar-refractivity contribution in [1.82, 2.24) is 10.2 Å². The van der Waals surface area contributed by atoms with Crippen molar-refractivity contribution in [2.45, 2.75) is 51.2 Å². The molecule has 3 nitrogen and oxygen atoms in total. The molecule has 1 N–H and O–H groups in total. The third-order valence-electron chi connectivity index (χ3n) is 4.64. The average Bonchev–Trinajstić information content (AvgIpc) is 2.53. The highest BCUT2D eigenvalue weighted by Crippen LogP contribution is 2.18. The van der Waals surface area contributed by atoms with Crippen molar-refractivity contribution in [2.75, 3.05) is 26.8 Å². The Labute approximate surface area is 129 Å². The predicted molar refractivity (Wildman–Crippen MR) is 88.7 cm³/mol. The predicted octanol–water partition coefficient (Wildman–Crippen LogP) is 2.71. The number of benzene rings is 1. The maximum Gasteiger partial charge on any atom is 0.0618 e. The molecular weight excluding hydrogens is 260 g/mol. The average molecular weight is 290 g/mol. The van der Waals surface area contributed by atoms with E-state index < -0.39 is 0 Å². The van der Waals surface area contributed by atoms with Gasteiger partial charge in [-0.05, 0) is 24.8 Å². The molecule has 21 heavy (non-hydrogen) atoms. The molecule has 1 aliphatic rings. The quantitative estimate of drug-likeness (QED) is 0.835. The van der Waals surface area contributed by atoms with E-state index in [1.165, 1.54) is 12.0 Å². The molecule has 3 atom stereocenters. The van der Waals surface area contributed by atoms with E-state index in [1.807, 2.05) is 7.11 Å². The van der Waals surface area contributed by atoms with Crippen LogP contribution in [0.1, 0.15) is 32.3 Å². The molecule has 0 radical (unpaired) electrons. The summed E-state index contributed by atoms with van der Waals surface area (Å²) >= 11 is 0. The minimum absolute atomic E-state index is 0.542. The number of hydrogen-bond acceptors (Lipinski definition) is 3. The highest BCUT2D eigenvalue weighted by molar-refractivity contribution is 5.16. The van der Waals surface area contributed by atoms with Gasteiger partial charge in [-0.3, -0.25) is 4.90 Å². The lowest BCUT2D eigenvalue weighted by molar-refractivity contribution is 0.0299. The Balaban J connectivity index is 2.00. The Morgan fingerprint density at radius 1 is 1.29 bits per heavy atom. The van der Waals surface area contributed by atoms with Gasteiger partial charge < -0.3 is 10.1 Å². The number of rotatable bonds is 7. The van der Waals surface area contributed by atoms with Gasteiger partial charge in [0.2, 0.25) is 0 Å². The van der Waals surface area contributed by atoms with Crippen molar-refractivity contribution in [2.24, 2.45) is 0 Å². The van der Waals surface area contributed by atoms with Crippen LogP contribution in [-0.4, -0.2) is 49.8 Å². The lowest BCUT2D eigenvalue weighted by Crippen LogP contribution is -2.60. The van der Waals surface area contributed by atoms with Gasteiger partial charge in [-0.15, -0.1) is 0 Å². The Morgan fingerprint density at radius 2 is 2.05 bits per heavy atom. The maximum atomic E-state index is 5.43. The van der Waals surface area contributed by atoms with Crippen LogP contribution in [0.2, 0.25) is 0 Å². The van der Waals surface area contributed by atoms with Gasteiger partial charge in [-0.2, -0.15) is 0 Å². The lowest BCUT2D eigenvalue weighted by Gasteiger charge is -2.44. The van der Waals surface area contributed by atoms with E-state index in [4.69, 9.17) is 4.74 Å². The summed E-state index contributed by atoms with van der Waals surface area (Å²) in [6.45, 7) is 7.61. The number of piperazine rings is 1. The van der Waals surface area contributed by atoms with Crippen LogP contribution in [0, 0.1) is 0 Å². The van der Waals surface area contributed by atoms with Crippen molar-refractivity contribution in [1.29, 1.82) is 0 Å². The fourth-order valence-electron chi connectivity index (χ4n) is 3.39. The first-order chi connectivity index (χ1) is 10.3. The summed E-state index contributed by atoms with van der Waals surface area (Å²) in [5, 5.41) is 3.74. The van der Waals surface area contributed by atoms with Crippen molar-refractivity contribution in [3.05, 3.63) is 35.9 Å². The molecule has 0 saturated carbocycles. The van der Waals surface area contributed by atoms with Crippen LogP contribution in [0.4, 0.5) is 0 Å². The molecule has 0 amide bonds. The van der Waals surface area contributed by atoms with E-state index in [9.17, 15) is 0 Å². The maximum absolute atomic E-state index is 5.43. The van der Waals surface area contributed by atoms with Gasteiger partial charge in [-0.1, -0.05) is 44.2 Å². The normalized spacial score (nSPS) is 24.9. The first-order valence-corrected chi connectivity index (χ1v) is 8.30. The van der Waals surface area contributed by atoms with Gasteiger partial charge in [0.05, 0.1) is 6.61 Å². The molecule has 3 heteroatoms. The van der Waals surface area contributed by atoms with E-state index >= 15 is 0 Å². The summed E-state index contributed by atoms with van der Waals surface area (Å²) in [5.41, 5.74) is 1.42. The standard InChI is InChI=1S/C18H30N2O/c1-4-17-12-19-16(11-15-9-7-6-8-10-15)13-20(17)18(5-2)14-21-3/h6-10,16-19H,4-5,11-14H2,1-3H3. The number of methoxy groups -OCH3 is 1. The SMILES string of the molecule is CCC1CNC(Cc2ccccc2)CN1C(CC)COC. The first-order valence-electron chi connectivity index (χ1n) is 8.30. The highest BCUT2D eigenvalue weighted by Gasteiger charge is 2.31. The first kappa shape index (κ1) is 16.5. The number of nitrogens with one attached hydrogen (secondary N) is 1. The molecule has 0 aliphatic carbocycles. The number of nitrogens with zero attached hydrogens (tertiary/aromatic N) is 1. The molecular formula is C18H30N2O. The van der Waals surface area contributed by atoms with Crippen LogP contribution >= 0.6 is 0 Å². The van der Waals surface area contributed by atoms with E-state index in [2.05, 4.69) is 54.4 Å². The van der Waals surface area contributed by atoms with Crippen molar-refractivity contribution in [3.63, 3.8) is 0 Å². The zero-order chi connectivity index (χ0) is 15.1. The fraction of sp³-hybridized carbons (Fsp3) is 0.667. The summed E-state index contributed by atoms with van der Waals surface area (Å²) in [5.74, 6) is 0. The Bertz CT molecular complexity index is 395. The molecule has 3 unspecified atom stereocenters. The van der Waals surface area contributed by atoms with Crippen LogP contribution in [-0.2, 0) is 11.2 Å². The summed E-state index contributed by atoms with van der Waals surface area (Å²) in [7, 11) is 1.81. The Hall–Kier alpha value is -0.900. The highest BCUT2D eigenvalue weighted by atomic mass is 16.5. The summed E-state index contributed by atoms with van der Waals surface area (Å²) in [6.07, 6.45) is 3.46. The van der Waals surface area contributed by atoms with E-state index in [1.54, 1.807) is 0 Å². The zero-order valence-corrected chi connectivity index (χ0v) is 13.7. The largest absolute Gasteiger partial charge is 0.383 e.